The fraction of sp³-hybridized carbons (Fsp3) is 0.652. The quantitative estimate of drug-likeness (QED) is 0.443. The van der Waals surface area contributed by atoms with Crippen molar-refractivity contribution in [2.75, 3.05) is 14.2 Å². The Labute approximate surface area is 163 Å². The number of carbonyl (C=O) groups excluding carboxylic acids is 2. The average molecular weight is 375 g/mol. The highest BCUT2D eigenvalue weighted by atomic mass is 16.5. The minimum Gasteiger partial charge on any atom is -0.469 e. The highest BCUT2D eigenvalue weighted by Gasteiger charge is 2.58. The van der Waals surface area contributed by atoms with Gasteiger partial charge in [-0.1, -0.05) is 34.9 Å². The standard InChI is InChI=1S/C23H34O4/c1-15(2)8-6-9-16(3)10-7-11-17-12-13-18-19(14-17)21(23(25)27-5)20(18)22(24)26-4/h8,10,12,18-21H,6-7,9,11,13-14H2,1-5H3/b16-10+. The van der Waals surface area contributed by atoms with E-state index in [0.29, 0.717) is 0 Å². The molecule has 27 heavy (non-hydrogen) atoms. The Bertz CT molecular complexity index is 637. The first kappa shape index (κ1) is 21.5. The zero-order chi connectivity index (χ0) is 20.0. The van der Waals surface area contributed by atoms with E-state index in [4.69, 9.17) is 9.47 Å². The van der Waals surface area contributed by atoms with Crippen LogP contribution in [0.25, 0.3) is 0 Å². The molecule has 0 aliphatic heterocycles. The monoisotopic (exact) mass is 374 g/mol. The Morgan fingerprint density at radius 1 is 1.00 bits per heavy atom. The third-order valence-electron chi connectivity index (χ3n) is 6.03. The summed E-state index contributed by atoms with van der Waals surface area (Å²) in [6, 6.07) is 0. The van der Waals surface area contributed by atoms with Crippen LogP contribution in [0.3, 0.4) is 0 Å². The molecule has 4 unspecified atom stereocenters. The number of carbonyl (C=O) groups is 2. The lowest BCUT2D eigenvalue weighted by atomic mass is 9.52. The zero-order valence-corrected chi connectivity index (χ0v) is 17.4. The molecule has 1 fully saturated rings. The molecule has 0 N–H and O–H groups in total. The van der Waals surface area contributed by atoms with E-state index in [0.717, 1.165) is 38.5 Å². The molecule has 2 rings (SSSR count). The van der Waals surface area contributed by atoms with E-state index >= 15 is 0 Å². The van der Waals surface area contributed by atoms with E-state index in [1.165, 1.54) is 30.9 Å². The third kappa shape index (κ3) is 5.33. The van der Waals surface area contributed by atoms with Gasteiger partial charge in [0.15, 0.2) is 0 Å². The Balaban J connectivity index is 1.90. The Kier molecular flexibility index (Phi) is 7.88. The molecule has 0 saturated heterocycles. The average Bonchev–Trinajstić information content (AvgIpc) is 2.62. The molecule has 2 aliphatic rings. The number of hydrogen-bond donors (Lipinski definition) is 0. The van der Waals surface area contributed by atoms with Crippen molar-refractivity contribution in [2.45, 2.75) is 59.3 Å². The van der Waals surface area contributed by atoms with Crippen LogP contribution in [0, 0.1) is 23.7 Å². The summed E-state index contributed by atoms with van der Waals surface area (Å²) in [5.74, 6) is -0.822. The smallest absolute Gasteiger partial charge is 0.309 e. The SMILES string of the molecule is COC(=O)C1C2CC=C(CC/C=C(\C)CCC=C(C)C)CC2C1C(=O)OC. The van der Waals surface area contributed by atoms with Gasteiger partial charge in [0.2, 0.25) is 0 Å². The van der Waals surface area contributed by atoms with E-state index < -0.39 is 0 Å². The summed E-state index contributed by atoms with van der Waals surface area (Å²) in [5.41, 5.74) is 4.21. The van der Waals surface area contributed by atoms with Gasteiger partial charge in [0, 0.05) is 0 Å². The minimum atomic E-state index is -0.350. The molecule has 150 valence electrons. The molecule has 1 saturated carbocycles. The van der Waals surface area contributed by atoms with Gasteiger partial charge in [-0.05, 0) is 71.1 Å². The molecular weight excluding hydrogens is 340 g/mol. The van der Waals surface area contributed by atoms with Gasteiger partial charge in [-0.3, -0.25) is 9.59 Å². The molecule has 0 aromatic carbocycles. The van der Waals surface area contributed by atoms with Crippen LogP contribution in [0.15, 0.2) is 34.9 Å². The van der Waals surface area contributed by atoms with Gasteiger partial charge in [0.05, 0.1) is 26.1 Å². The van der Waals surface area contributed by atoms with Gasteiger partial charge in [-0.2, -0.15) is 0 Å². The van der Waals surface area contributed by atoms with Gasteiger partial charge in [-0.25, -0.2) is 0 Å². The highest BCUT2D eigenvalue weighted by Crippen LogP contribution is 2.54. The Morgan fingerprint density at radius 2 is 1.63 bits per heavy atom. The Morgan fingerprint density at radius 3 is 2.22 bits per heavy atom. The van der Waals surface area contributed by atoms with Crippen LogP contribution < -0.4 is 0 Å². The van der Waals surface area contributed by atoms with E-state index in [2.05, 4.69) is 39.0 Å². The largest absolute Gasteiger partial charge is 0.469 e. The van der Waals surface area contributed by atoms with Crippen LogP contribution in [0.2, 0.25) is 0 Å². The number of allylic oxidation sites excluding steroid dienone is 6. The third-order valence-corrected chi connectivity index (χ3v) is 6.03. The predicted molar refractivity (Wildman–Crippen MR) is 107 cm³/mol. The van der Waals surface area contributed by atoms with Crippen molar-refractivity contribution in [3.8, 4) is 0 Å². The van der Waals surface area contributed by atoms with Crippen LogP contribution in [-0.4, -0.2) is 26.2 Å². The Hall–Kier alpha value is -1.84. The van der Waals surface area contributed by atoms with E-state index in [1.807, 2.05) is 0 Å². The van der Waals surface area contributed by atoms with Crippen molar-refractivity contribution < 1.29 is 19.1 Å². The summed E-state index contributed by atoms with van der Waals surface area (Å²) in [5, 5.41) is 0. The first-order chi connectivity index (χ1) is 12.9. The summed E-state index contributed by atoms with van der Waals surface area (Å²) in [6.45, 7) is 6.47. The number of hydrogen-bond acceptors (Lipinski definition) is 4. The van der Waals surface area contributed by atoms with Crippen molar-refractivity contribution in [3.63, 3.8) is 0 Å². The van der Waals surface area contributed by atoms with Crippen molar-refractivity contribution in [1.82, 2.24) is 0 Å². The normalized spacial score (nSPS) is 27.0. The lowest BCUT2D eigenvalue weighted by Crippen LogP contribution is -2.55. The summed E-state index contributed by atoms with van der Waals surface area (Å²) in [6.07, 6.45) is 12.9. The second-order valence-electron chi connectivity index (χ2n) is 8.14. The summed E-state index contributed by atoms with van der Waals surface area (Å²) >= 11 is 0. The minimum absolute atomic E-state index is 0.212. The van der Waals surface area contributed by atoms with Crippen LogP contribution in [0.1, 0.15) is 59.3 Å². The first-order valence-electron chi connectivity index (χ1n) is 10.0. The van der Waals surface area contributed by atoms with E-state index in [1.54, 1.807) is 0 Å². The fourth-order valence-corrected chi connectivity index (χ4v) is 4.52. The molecule has 0 aromatic heterocycles. The lowest BCUT2D eigenvalue weighted by molar-refractivity contribution is -0.179. The number of fused-ring (bicyclic) bond motifs is 1. The molecule has 4 atom stereocenters. The second kappa shape index (κ2) is 9.91. The van der Waals surface area contributed by atoms with Crippen molar-refractivity contribution in [2.24, 2.45) is 23.7 Å². The molecule has 4 nitrogen and oxygen atoms in total. The maximum absolute atomic E-state index is 12.2. The number of methoxy groups -OCH3 is 2. The van der Waals surface area contributed by atoms with Gasteiger partial charge in [0.25, 0.3) is 0 Å². The zero-order valence-electron chi connectivity index (χ0n) is 17.4. The molecule has 0 bridgehead atoms. The van der Waals surface area contributed by atoms with Crippen LogP contribution in [0.4, 0.5) is 0 Å². The maximum atomic E-state index is 12.2. The van der Waals surface area contributed by atoms with Crippen LogP contribution in [-0.2, 0) is 19.1 Å². The molecule has 0 spiro atoms. The molecule has 4 heteroatoms. The van der Waals surface area contributed by atoms with Gasteiger partial charge < -0.3 is 9.47 Å². The predicted octanol–water partition coefficient (Wildman–Crippen LogP) is 5.00. The van der Waals surface area contributed by atoms with Crippen LogP contribution in [0.5, 0.6) is 0 Å². The van der Waals surface area contributed by atoms with Gasteiger partial charge >= 0.3 is 11.9 Å². The molecule has 0 amide bonds. The van der Waals surface area contributed by atoms with Crippen LogP contribution >= 0.6 is 0 Å². The number of rotatable bonds is 8. The summed E-state index contributed by atoms with van der Waals surface area (Å²) in [4.78, 5) is 24.2. The van der Waals surface area contributed by atoms with E-state index in [-0.39, 0.29) is 35.6 Å². The maximum Gasteiger partial charge on any atom is 0.309 e. The molecule has 0 heterocycles. The first-order valence-corrected chi connectivity index (χ1v) is 10.0. The van der Waals surface area contributed by atoms with Gasteiger partial charge in [-0.15, -0.1) is 0 Å². The topological polar surface area (TPSA) is 52.6 Å². The van der Waals surface area contributed by atoms with Crippen molar-refractivity contribution in [3.05, 3.63) is 34.9 Å². The summed E-state index contributed by atoms with van der Waals surface area (Å²) < 4.78 is 9.86. The summed E-state index contributed by atoms with van der Waals surface area (Å²) in [7, 11) is 2.78. The van der Waals surface area contributed by atoms with Gasteiger partial charge in [0.1, 0.15) is 0 Å². The highest BCUT2D eigenvalue weighted by molar-refractivity contribution is 5.85. The molecule has 0 radical (unpaired) electrons. The van der Waals surface area contributed by atoms with E-state index in [9.17, 15) is 9.59 Å². The second-order valence-corrected chi connectivity index (χ2v) is 8.14. The fourth-order valence-electron chi connectivity index (χ4n) is 4.52. The number of esters is 2. The number of ether oxygens (including phenoxy) is 2. The lowest BCUT2D eigenvalue weighted by Gasteiger charge is -2.51. The molecule has 2 aliphatic carbocycles. The van der Waals surface area contributed by atoms with Crippen molar-refractivity contribution in [1.29, 1.82) is 0 Å². The molecule has 0 aromatic rings. The van der Waals surface area contributed by atoms with Crippen molar-refractivity contribution >= 4 is 11.9 Å². The molecular formula is C23H34O4.